The molecule has 118 valence electrons. The van der Waals surface area contributed by atoms with E-state index in [2.05, 4.69) is 5.32 Å². The van der Waals surface area contributed by atoms with Crippen molar-refractivity contribution in [2.45, 2.75) is 32.1 Å². The lowest BCUT2D eigenvalue weighted by Crippen LogP contribution is -2.33. The van der Waals surface area contributed by atoms with Crippen LogP contribution in [0.5, 0.6) is 5.75 Å². The summed E-state index contributed by atoms with van der Waals surface area (Å²) in [5.74, 6) is -0.0168. The number of rotatable bonds is 5. The van der Waals surface area contributed by atoms with Crippen LogP contribution in [-0.4, -0.2) is 28.0 Å². The zero-order valence-electron chi connectivity index (χ0n) is 12.6. The molecule has 1 rings (SSSR count). The van der Waals surface area contributed by atoms with Gasteiger partial charge in [-0.3, -0.25) is 4.79 Å². The molecule has 0 spiro atoms. The first kappa shape index (κ1) is 17.8. The number of carbonyl (C=O) groups is 1. The highest BCUT2D eigenvalue weighted by Crippen LogP contribution is 2.28. The lowest BCUT2D eigenvalue weighted by molar-refractivity contribution is -0.120. The molecule has 0 saturated heterocycles. The number of methoxy groups -OCH3 is 1. The Bertz CT molecular complexity index is 620. The largest absolute Gasteiger partial charge is 0.495 e. The molecule has 0 aliphatic heterocycles. The second kappa shape index (κ2) is 6.66. The van der Waals surface area contributed by atoms with Crippen LogP contribution in [0.2, 0.25) is 0 Å². The molecule has 0 heterocycles. The third-order valence-corrected chi connectivity index (χ3v) is 4.01. The molecule has 5 nitrogen and oxygen atoms in total. The lowest BCUT2D eigenvalue weighted by atomic mass is 9.97. The topological polar surface area (TPSA) is 72.5 Å². The summed E-state index contributed by atoms with van der Waals surface area (Å²) in [7, 11) is 2.80. The monoisotopic (exact) mass is 333 g/mol. The van der Waals surface area contributed by atoms with E-state index in [1.54, 1.807) is 6.07 Å². The van der Waals surface area contributed by atoms with Crippen LogP contribution in [0.1, 0.15) is 26.3 Å². The second-order valence-corrected chi connectivity index (χ2v) is 8.47. The van der Waals surface area contributed by atoms with E-state index < -0.39 is 9.05 Å². The first-order valence-corrected chi connectivity index (χ1v) is 8.72. The third-order valence-electron chi connectivity index (χ3n) is 2.67. The summed E-state index contributed by atoms with van der Waals surface area (Å²) < 4.78 is 27.9. The van der Waals surface area contributed by atoms with Crippen molar-refractivity contribution in [3.05, 3.63) is 23.8 Å². The van der Waals surface area contributed by atoms with Crippen molar-refractivity contribution in [3.8, 4) is 5.75 Å². The van der Waals surface area contributed by atoms with Crippen LogP contribution in [0.3, 0.4) is 0 Å². The Morgan fingerprint density at radius 2 is 1.95 bits per heavy atom. The highest BCUT2D eigenvalue weighted by Gasteiger charge is 2.18. The summed E-state index contributed by atoms with van der Waals surface area (Å²) in [6, 6.07) is 4.49. The van der Waals surface area contributed by atoms with Gasteiger partial charge in [0.15, 0.2) is 0 Å². The summed E-state index contributed by atoms with van der Waals surface area (Å²) in [5, 5.41) is 2.81. The summed E-state index contributed by atoms with van der Waals surface area (Å²) >= 11 is 0. The molecule has 0 radical (unpaired) electrons. The van der Waals surface area contributed by atoms with Crippen LogP contribution >= 0.6 is 10.7 Å². The minimum atomic E-state index is -3.92. The summed E-state index contributed by atoms with van der Waals surface area (Å²) in [5.41, 5.74) is 0.543. The van der Waals surface area contributed by atoms with Gasteiger partial charge in [0, 0.05) is 17.2 Å². The maximum Gasteiger partial charge on any atom is 0.264 e. The van der Waals surface area contributed by atoms with Gasteiger partial charge in [-0.15, -0.1) is 0 Å². The van der Waals surface area contributed by atoms with Gasteiger partial charge in [0.1, 0.15) is 10.6 Å². The second-order valence-electron chi connectivity index (χ2n) is 5.94. The quantitative estimate of drug-likeness (QED) is 0.839. The zero-order chi connectivity index (χ0) is 16.3. The number of amides is 1. The van der Waals surface area contributed by atoms with Gasteiger partial charge < -0.3 is 10.1 Å². The number of hydrogen-bond donors (Lipinski definition) is 1. The number of carbonyl (C=O) groups excluding carboxylic acids is 1. The van der Waals surface area contributed by atoms with Crippen LogP contribution < -0.4 is 10.1 Å². The Kier molecular flexibility index (Phi) is 5.64. The molecule has 1 N–H and O–H groups in total. The van der Waals surface area contributed by atoms with E-state index in [4.69, 9.17) is 15.4 Å². The molecule has 7 heteroatoms. The Balaban J connectivity index is 2.88. The molecule has 1 amide bonds. The number of nitrogens with one attached hydrogen (secondary N) is 1. The van der Waals surface area contributed by atoms with Crippen LogP contribution in [0, 0.1) is 5.41 Å². The van der Waals surface area contributed by atoms with E-state index in [1.807, 2.05) is 20.8 Å². The fourth-order valence-electron chi connectivity index (χ4n) is 1.63. The number of halogens is 1. The number of benzene rings is 1. The van der Waals surface area contributed by atoms with Crippen molar-refractivity contribution in [1.29, 1.82) is 0 Å². The minimum Gasteiger partial charge on any atom is -0.495 e. The lowest BCUT2D eigenvalue weighted by Gasteiger charge is -2.18. The van der Waals surface area contributed by atoms with Gasteiger partial charge in [0.2, 0.25) is 5.91 Å². The van der Waals surface area contributed by atoms with Gasteiger partial charge >= 0.3 is 0 Å². The molecular formula is C14H20ClNO4S. The first-order valence-electron chi connectivity index (χ1n) is 6.41. The molecule has 0 aliphatic rings. The van der Waals surface area contributed by atoms with E-state index >= 15 is 0 Å². The molecule has 0 fully saturated rings. The summed E-state index contributed by atoms with van der Waals surface area (Å²) in [6.45, 7) is 6.58. The van der Waals surface area contributed by atoms with Gasteiger partial charge in [-0.2, -0.15) is 0 Å². The predicted molar refractivity (Wildman–Crippen MR) is 82.2 cm³/mol. The standard InChI is InChI=1S/C14H20ClNO4S/c1-14(2,3)9-16-13(17)8-10-5-6-11(20-4)12(7-10)21(15,18)19/h5-7H,8-9H2,1-4H3,(H,16,17). The maximum absolute atomic E-state index is 11.8. The smallest absolute Gasteiger partial charge is 0.264 e. The van der Waals surface area contributed by atoms with Gasteiger partial charge in [0.05, 0.1) is 13.5 Å². The van der Waals surface area contributed by atoms with Crippen LogP contribution in [-0.2, 0) is 20.3 Å². The Labute approximate surface area is 130 Å². The van der Waals surface area contributed by atoms with Crippen molar-refractivity contribution in [2.75, 3.05) is 13.7 Å². The van der Waals surface area contributed by atoms with Crippen molar-refractivity contribution in [1.82, 2.24) is 5.32 Å². The predicted octanol–water partition coefficient (Wildman–Crippen LogP) is 2.33. The molecule has 0 aromatic heterocycles. The first-order chi connectivity index (χ1) is 9.53. The van der Waals surface area contributed by atoms with Crippen molar-refractivity contribution in [2.24, 2.45) is 5.41 Å². The molecule has 0 unspecified atom stereocenters. The molecule has 1 aromatic carbocycles. The zero-order valence-corrected chi connectivity index (χ0v) is 14.1. The Morgan fingerprint density at radius 1 is 1.33 bits per heavy atom. The molecule has 0 aliphatic carbocycles. The molecule has 0 atom stereocenters. The van der Waals surface area contributed by atoms with Gasteiger partial charge in [0.25, 0.3) is 9.05 Å². The average molecular weight is 334 g/mol. The molecule has 0 bridgehead atoms. The fourth-order valence-corrected chi connectivity index (χ4v) is 2.68. The Hall–Kier alpha value is -1.27. The van der Waals surface area contributed by atoms with Crippen molar-refractivity contribution < 1.29 is 17.9 Å². The number of hydrogen-bond acceptors (Lipinski definition) is 4. The van der Waals surface area contributed by atoms with Gasteiger partial charge in [-0.05, 0) is 23.1 Å². The third kappa shape index (κ3) is 5.93. The highest BCUT2D eigenvalue weighted by atomic mass is 35.7. The van der Waals surface area contributed by atoms with Crippen LogP contribution in [0.4, 0.5) is 0 Å². The molecule has 21 heavy (non-hydrogen) atoms. The number of ether oxygens (including phenoxy) is 1. The highest BCUT2D eigenvalue weighted by molar-refractivity contribution is 8.13. The van der Waals surface area contributed by atoms with Crippen molar-refractivity contribution >= 4 is 25.6 Å². The van der Waals surface area contributed by atoms with E-state index in [0.29, 0.717) is 12.1 Å². The van der Waals surface area contributed by atoms with E-state index in [0.717, 1.165) is 0 Å². The van der Waals surface area contributed by atoms with Crippen LogP contribution in [0.25, 0.3) is 0 Å². The van der Waals surface area contributed by atoms with Gasteiger partial charge in [-0.25, -0.2) is 8.42 Å². The van der Waals surface area contributed by atoms with Crippen LogP contribution in [0.15, 0.2) is 23.1 Å². The summed E-state index contributed by atoms with van der Waals surface area (Å²) in [6.07, 6.45) is 0.0828. The molecule has 0 saturated carbocycles. The van der Waals surface area contributed by atoms with E-state index in [9.17, 15) is 13.2 Å². The molecular weight excluding hydrogens is 314 g/mol. The minimum absolute atomic E-state index is 0.0137. The summed E-state index contributed by atoms with van der Waals surface area (Å²) in [4.78, 5) is 11.7. The fraction of sp³-hybridized carbons (Fsp3) is 0.500. The van der Waals surface area contributed by atoms with Gasteiger partial charge in [-0.1, -0.05) is 26.8 Å². The van der Waals surface area contributed by atoms with E-state index in [-0.39, 0.29) is 28.4 Å². The average Bonchev–Trinajstić information content (AvgIpc) is 2.34. The van der Waals surface area contributed by atoms with E-state index in [1.165, 1.54) is 19.2 Å². The normalized spacial score (nSPS) is 12.0. The molecule has 1 aromatic rings. The SMILES string of the molecule is COc1ccc(CC(=O)NCC(C)(C)C)cc1S(=O)(=O)Cl. The van der Waals surface area contributed by atoms with Crippen molar-refractivity contribution in [3.63, 3.8) is 0 Å². The maximum atomic E-state index is 11.8. The Morgan fingerprint density at radius 3 is 2.43 bits per heavy atom.